The average Bonchev–Trinajstić information content (AvgIpc) is 2.59. The summed E-state index contributed by atoms with van der Waals surface area (Å²) in [4.78, 5) is 26.5. The van der Waals surface area contributed by atoms with Crippen molar-refractivity contribution in [1.82, 2.24) is 4.98 Å². The lowest BCUT2D eigenvalue weighted by Gasteiger charge is -2.22. The predicted molar refractivity (Wildman–Crippen MR) is 90.4 cm³/mol. The first kappa shape index (κ1) is 24.9. The molecule has 0 spiro atoms. The number of hydrogen-bond donors (Lipinski definition) is 2. The first-order valence-corrected chi connectivity index (χ1v) is 9.74. The number of aromatic carboxylic acids is 1. The third-order valence-corrected chi connectivity index (χ3v) is 5.26. The van der Waals surface area contributed by atoms with E-state index in [1.54, 1.807) is 5.32 Å². The molecule has 1 aromatic rings. The van der Waals surface area contributed by atoms with Gasteiger partial charge >= 0.3 is 25.4 Å². The molecule has 0 radical (unpaired) electrons. The normalized spacial score (nSPS) is 12.3. The lowest BCUT2D eigenvalue weighted by Crippen LogP contribution is -2.23. The van der Waals surface area contributed by atoms with Gasteiger partial charge in [-0.1, -0.05) is 6.92 Å². The molecule has 29 heavy (non-hydrogen) atoms. The lowest BCUT2D eigenvalue weighted by atomic mass is 9.99. The van der Waals surface area contributed by atoms with Crippen molar-refractivity contribution in [3.8, 4) is 0 Å². The number of halogens is 5. The summed E-state index contributed by atoms with van der Waals surface area (Å²) < 4.78 is 88.5. The van der Waals surface area contributed by atoms with E-state index in [9.17, 15) is 41.2 Å². The Labute approximate surface area is 161 Å². The van der Waals surface area contributed by atoms with Crippen LogP contribution in [0.5, 0.6) is 0 Å². The van der Waals surface area contributed by atoms with Crippen LogP contribution in [0.1, 0.15) is 54.5 Å². The minimum Gasteiger partial charge on any atom is -0.478 e. The minimum absolute atomic E-state index is 0.265. The summed E-state index contributed by atoms with van der Waals surface area (Å²) in [6.45, 7) is 3.39. The Morgan fingerprint density at radius 2 is 1.69 bits per heavy atom. The highest BCUT2D eigenvalue weighted by atomic mass is 31.2. The van der Waals surface area contributed by atoms with E-state index in [2.05, 4.69) is 4.98 Å². The largest absolute Gasteiger partial charge is 0.478 e. The van der Waals surface area contributed by atoms with Gasteiger partial charge in [0.15, 0.2) is 5.69 Å². The zero-order valence-electron chi connectivity index (χ0n) is 15.5. The zero-order valence-corrected chi connectivity index (χ0v) is 16.4. The molecule has 0 fully saturated rings. The first-order valence-electron chi connectivity index (χ1n) is 8.19. The van der Waals surface area contributed by atoms with Crippen LogP contribution in [0.25, 0.3) is 0 Å². The number of carbonyl (C=O) groups excluding carboxylic acids is 1. The van der Waals surface area contributed by atoms with E-state index in [1.807, 2.05) is 0 Å². The molecule has 0 unspecified atom stereocenters. The molecule has 0 aliphatic heterocycles. The van der Waals surface area contributed by atoms with Gasteiger partial charge in [-0.3, -0.25) is 4.79 Å². The van der Waals surface area contributed by atoms with Crippen molar-refractivity contribution >= 4 is 24.9 Å². The first-order chi connectivity index (χ1) is 13.3. The minimum atomic E-state index is -5.35. The van der Waals surface area contributed by atoms with Gasteiger partial charge in [-0.05, 0) is 25.8 Å². The maximum atomic E-state index is 13.4. The second kappa shape index (κ2) is 9.59. The Hall–Kier alpha value is -2.11. The maximum absolute atomic E-state index is 13.4. The van der Waals surface area contributed by atoms with Gasteiger partial charge in [-0.25, -0.2) is 23.1 Å². The number of alkyl halides is 5. The van der Waals surface area contributed by atoms with Crippen molar-refractivity contribution in [3.63, 3.8) is 0 Å². The van der Waals surface area contributed by atoms with Gasteiger partial charge in [-0.2, -0.15) is 13.2 Å². The van der Waals surface area contributed by atoms with Crippen LogP contribution in [-0.2, 0) is 26.2 Å². The predicted octanol–water partition coefficient (Wildman–Crippen LogP) is 5.10. The smallest absolute Gasteiger partial charge is 0.434 e. The SMILES string of the molecule is CCOP(=O)(OCC)C(=O)Nc1c(C(F)F)nc(C(F)(F)F)c(C(=O)O)c1CC. The van der Waals surface area contributed by atoms with Crippen molar-refractivity contribution in [1.29, 1.82) is 0 Å². The lowest BCUT2D eigenvalue weighted by molar-refractivity contribution is -0.142. The molecule has 2 N–H and O–H groups in total. The fourth-order valence-electron chi connectivity index (χ4n) is 2.41. The monoisotopic (exact) mass is 448 g/mol. The third kappa shape index (κ3) is 5.49. The number of hydrogen-bond acceptors (Lipinski definition) is 6. The van der Waals surface area contributed by atoms with E-state index in [4.69, 9.17) is 9.05 Å². The molecule has 0 atom stereocenters. The molecule has 0 aromatic carbocycles. The summed E-state index contributed by atoms with van der Waals surface area (Å²) in [5.74, 6) is -2.09. The van der Waals surface area contributed by atoms with Crippen molar-refractivity contribution in [2.24, 2.45) is 0 Å². The highest BCUT2D eigenvalue weighted by Crippen LogP contribution is 2.50. The molecule has 0 saturated heterocycles. The van der Waals surface area contributed by atoms with E-state index in [-0.39, 0.29) is 13.2 Å². The highest BCUT2D eigenvalue weighted by molar-refractivity contribution is 7.72. The number of carboxylic acid groups (broad SMARTS) is 1. The van der Waals surface area contributed by atoms with Gasteiger partial charge in [0, 0.05) is 0 Å². The van der Waals surface area contributed by atoms with E-state index >= 15 is 0 Å². The summed E-state index contributed by atoms with van der Waals surface area (Å²) in [6, 6.07) is 0. The van der Waals surface area contributed by atoms with Crippen molar-refractivity contribution in [2.45, 2.75) is 39.8 Å². The summed E-state index contributed by atoms with van der Waals surface area (Å²) in [5, 5.41) is 11.0. The Balaban J connectivity index is 3.77. The van der Waals surface area contributed by atoms with Gasteiger partial charge in [0.2, 0.25) is 0 Å². The number of rotatable bonds is 9. The second-order valence-electron chi connectivity index (χ2n) is 5.29. The molecule has 1 aromatic heterocycles. The Morgan fingerprint density at radius 1 is 1.17 bits per heavy atom. The molecular formula is C15H18F5N2O6P. The summed E-state index contributed by atoms with van der Waals surface area (Å²) >= 11 is 0. The Bertz CT molecular complexity index is 820. The molecule has 0 aliphatic carbocycles. The van der Waals surface area contributed by atoms with Crippen molar-refractivity contribution in [3.05, 3.63) is 22.5 Å². The van der Waals surface area contributed by atoms with Gasteiger partial charge in [0.25, 0.3) is 6.43 Å². The van der Waals surface area contributed by atoms with Crippen LogP contribution in [0.2, 0.25) is 0 Å². The fourth-order valence-corrected chi connectivity index (χ4v) is 3.65. The van der Waals surface area contributed by atoms with Crippen molar-refractivity contribution < 1.29 is 50.3 Å². The van der Waals surface area contributed by atoms with E-state index in [0.29, 0.717) is 0 Å². The maximum Gasteiger partial charge on any atom is 0.434 e. The quantitative estimate of drug-likeness (QED) is 0.399. The average molecular weight is 448 g/mol. The van der Waals surface area contributed by atoms with E-state index < -0.39 is 66.4 Å². The molecule has 14 heteroatoms. The topological polar surface area (TPSA) is 115 Å². The van der Waals surface area contributed by atoms with Gasteiger partial charge in [0.1, 0.15) is 5.69 Å². The summed E-state index contributed by atoms with van der Waals surface area (Å²) in [7, 11) is -4.53. The molecule has 1 rings (SSSR count). The molecule has 0 bridgehead atoms. The molecule has 1 amide bonds. The number of nitrogens with one attached hydrogen (secondary N) is 1. The number of anilines is 1. The molecule has 8 nitrogen and oxygen atoms in total. The number of carboxylic acids is 1. The molecule has 164 valence electrons. The Morgan fingerprint density at radius 3 is 2.03 bits per heavy atom. The molecule has 1 heterocycles. The van der Waals surface area contributed by atoms with Crippen LogP contribution in [0.4, 0.5) is 32.4 Å². The summed E-state index contributed by atoms with van der Waals surface area (Å²) in [6.07, 6.45) is -9.45. The van der Waals surface area contributed by atoms with Crippen LogP contribution < -0.4 is 5.32 Å². The highest BCUT2D eigenvalue weighted by Gasteiger charge is 2.43. The van der Waals surface area contributed by atoms with E-state index in [1.165, 1.54) is 20.8 Å². The molecule has 0 saturated carbocycles. The Kier molecular flexibility index (Phi) is 8.25. The van der Waals surface area contributed by atoms with Crippen LogP contribution in [0.15, 0.2) is 0 Å². The number of nitrogens with zero attached hydrogens (tertiary/aromatic N) is 1. The number of amides is 1. The number of pyridine rings is 1. The van der Waals surface area contributed by atoms with Crippen LogP contribution in [0.3, 0.4) is 0 Å². The molecule has 0 aliphatic rings. The fraction of sp³-hybridized carbons (Fsp3) is 0.533. The third-order valence-electron chi connectivity index (χ3n) is 3.45. The zero-order chi connectivity index (χ0) is 22.6. The van der Waals surface area contributed by atoms with E-state index in [0.717, 1.165) is 0 Å². The van der Waals surface area contributed by atoms with Crippen LogP contribution in [0, 0.1) is 0 Å². The van der Waals surface area contributed by atoms with Gasteiger partial charge in [0.05, 0.1) is 24.5 Å². The standard InChI is InChI=1S/C15H18F5N2O6P/c1-4-7-8(13(23)24)11(15(18,19)20)21-10(12(16)17)9(7)22-14(25)29(26,27-5-2)28-6-3/h12H,4-6H2,1-3H3,(H,22,25)(H,23,24). The van der Waals surface area contributed by atoms with Gasteiger partial charge < -0.3 is 19.5 Å². The number of aromatic nitrogens is 1. The van der Waals surface area contributed by atoms with Crippen molar-refractivity contribution in [2.75, 3.05) is 18.5 Å². The summed E-state index contributed by atoms with van der Waals surface area (Å²) in [5.41, 5.74) is -8.25. The second-order valence-corrected chi connectivity index (χ2v) is 7.21. The number of carbonyl (C=O) groups is 2. The van der Waals surface area contributed by atoms with Gasteiger partial charge in [-0.15, -0.1) is 0 Å². The molecular weight excluding hydrogens is 430 g/mol. The van der Waals surface area contributed by atoms with Crippen LogP contribution in [-0.4, -0.2) is 34.9 Å². The van der Waals surface area contributed by atoms with Crippen LogP contribution >= 0.6 is 7.60 Å².